The predicted molar refractivity (Wildman–Crippen MR) is 98.8 cm³/mol. The summed E-state index contributed by atoms with van der Waals surface area (Å²) in [6.07, 6.45) is 1.12. The molecule has 1 unspecified atom stereocenters. The highest BCUT2D eigenvalue weighted by molar-refractivity contribution is 7.91. The Balaban J connectivity index is 1.56. The third-order valence-electron chi connectivity index (χ3n) is 4.39. The number of nitrogens with zero attached hydrogens (tertiary/aromatic N) is 1. The zero-order valence-electron chi connectivity index (χ0n) is 14.4. The first-order valence-electron chi connectivity index (χ1n) is 8.48. The zero-order chi connectivity index (χ0) is 18.7. The molecule has 1 aromatic heterocycles. The maximum Gasteiger partial charge on any atom is 0.250 e. The predicted octanol–water partition coefficient (Wildman–Crippen LogP) is 2.78. The molecule has 1 atom stereocenters. The Bertz CT molecular complexity index is 878. The Morgan fingerprint density at radius 2 is 1.96 bits per heavy atom. The molecule has 2 heterocycles. The molecule has 0 radical (unpaired) electrons. The lowest BCUT2D eigenvalue weighted by Crippen LogP contribution is -2.30. The first-order chi connectivity index (χ1) is 12.4. The summed E-state index contributed by atoms with van der Waals surface area (Å²) in [5, 5.41) is 0. The number of carbonyl (C=O) groups excluding carboxylic acids is 1. The molecule has 0 spiro atoms. The minimum absolute atomic E-state index is 0.0112. The summed E-state index contributed by atoms with van der Waals surface area (Å²) in [4.78, 5) is 14.9. The van der Waals surface area contributed by atoms with Gasteiger partial charge in [-0.25, -0.2) is 17.5 Å². The monoisotopic (exact) mass is 396 g/mol. The van der Waals surface area contributed by atoms with E-state index in [2.05, 4.69) is 4.72 Å². The number of hydrogen-bond acceptors (Lipinski definition) is 4. The number of rotatable bonds is 7. The lowest BCUT2D eigenvalue weighted by molar-refractivity contribution is -0.128. The Morgan fingerprint density at radius 3 is 2.62 bits per heavy atom. The maximum absolute atomic E-state index is 13.0. The molecular weight excluding hydrogens is 375 g/mol. The van der Waals surface area contributed by atoms with Crippen LogP contribution in [0.3, 0.4) is 0 Å². The van der Waals surface area contributed by atoms with Crippen LogP contribution in [0.4, 0.5) is 4.39 Å². The van der Waals surface area contributed by atoms with Crippen molar-refractivity contribution in [2.75, 3.05) is 13.1 Å². The topological polar surface area (TPSA) is 66.5 Å². The molecular formula is C18H21FN2O3S2. The Labute approximate surface area is 156 Å². The van der Waals surface area contributed by atoms with E-state index in [9.17, 15) is 17.6 Å². The van der Waals surface area contributed by atoms with Crippen molar-refractivity contribution in [3.63, 3.8) is 0 Å². The van der Waals surface area contributed by atoms with Crippen molar-refractivity contribution < 1.29 is 17.6 Å². The van der Waals surface area contributed by atoms with E-state index in [1.807, 2.05) is 13.0 Å². The number of sulfonamides is 1. The summed E-state index contributed by atoms with van der Waals surface area (Å²) in [6.45, 7) is 3.11. The minimum Gasteiger partial charge on any atom is -0.338 e. The SMILES string of the molecule is CCc1ccc(S(=O)(=O)NCC2CC(=O)N(Cc3ccc(F)cc3)C2)s1. The van der Waals surface area contributed by atoms with Gasteiger partial charge in [-0.05, 0) is 42.2 Å². The lowest BCUT2D eigenvalue weighted by Gasteiger charge is -2.17. The van der Waals surface area contributed by atoms with Crippen molar-refractivity contribution in [2.45, 2.75) is 30.5 Å². The average molecular weight is 397 g/mol. The van der Waals surface area contributed by atoms with Crippen LogP contribution in [-0.4, -0.2) is 32.3 Å². The van der Waals surface area contributed by atoms with Crippen LogP contribution < -0.4 is 4.72 Å². The highest BCUT2D eigenvalue weighted by Gasteiger charge is 2.30. The van der Waals surface area contributed by atoms with E-state index in [0.717, 1.165) is 16.9 Å². The Kier molecular flexibility index (Phi) is 5.74. The summed E-state index contributed by atoms with van der Waals surface area (Å²) in [5.41, 5.74) is 0.853. The molecule has 1 aromatic carbocycles. The van der Waals surface area contributed by atoms with Crippen LogP contribution in [0.2, 0.25) is 0 Å². The quantitative estimate of drug-likeness (QED) is 0.783. The maximum atomic E-state index is 13.0. The molecule has 3 rings (SSSR count). The number of likely N-dealkylation sites (tertiary alicyclic amines) is 1. The van der Waals surface area contributed by atoms with Crippen LogP contribution in [0.5, 0.6) is 0 Å². The molecule has 2 aromatic rings. The van der Waals surface area contributed by atoms with Crippen LogP contribution in [0.25, 0.3) is 0 Å². The van der Waals surface area contributed by atoms with Crippen LogP contribution in [-0.2, 0) is 27.8 Å². The number of amides is 1. The van der Waals surface area contributed by atoms with Gasteiger partial charge in [-0.15, -0.1) is 11.3 Å². The number of carbonyl (C=O) groups is 1. The third kappa shape index (κ3) is 4.49. The van der Waals surface area contributed by atoms with Crippen molar-refractivity contribution in [2.24, 2.45) is 5.92 Å². The number of thiophene rings is 1. The summed E-state index contributed by atoms with van der Waals surface area (Å²) in [5.74, 6) is -0.389. The lowest BCUT2D eigenvalue weighted by atomic mass is 10.1. The fourth-order valence-corrected chi connectivity index (χ4v) is 5.40. The molecule has 1 saturated heterocycles. The molecule has 26 heavy (non-hydrogen) atoms. The molecule has 1 aliphatic heterocycles. The highest BCUT2D eigenvalue weighted by Crippen LogP contribution is 2.23. The number of halogens is 1. The van der Waals surface area contributed by atoms with Crippen molar-refractivity contribution in [3.05, 3.63) is 52.7 Å². The molecule has 1 fully saturated rings. The summed E-state index contributed by atoms with van der Waals surface area (Å²) in [7, 11) is -3.54. The van der Waals surface area contributed by atoms with Gasteiger partial charge in [-0.2, -0.15) is 0 Å². The normalized spacial score (nSPS) is 17.8. The Hall–Kier alpha value is -1.77. The summed E-state index contributed by atoms with van der Waals surface area (Å²) >= 11 is 1.27. The van der Waals surface area contributed by atoms with Crippen molar-refractivity contribution in [3.8, 4) is 0 Å². The van der Waals surface area contributed by atoms with E-state index in [4.69, 9.17) is 0 Å². The number of benzene rings is 1. The van der Waals surface area contributed by atoms with Gasteiger partial charge >= 0.3 is 0 Å². The van der Waals surface area contributed by atoms with E-state index in [0.29, 0.717) is 23.7 Å². The van der Waals surface area contributed by atoms with Gasteiger partial charge in [0.25, 0.3) is 0 Å². The van der Waals surface area contributed by atoms with Gasteiger partial charge in [0.1, 0.15) is 10.0 Å². The molecule has 0 saturated carbocycles. The standard InChI is InChI=1S/C18H21FN2O3S2/c1-2-16-7-8-18(25-16)26(23,24)20-10-14-9-17(22)21(12-14)11-13-3-5-15(19)6-4-13/h3-8,14,20H,2,9-12H2,1H3. The van der Waals surface area contributed by atoms with E-state index in [1.54, 1.807) is 23.1 Å². The van der Waals surface area contributed by atoms with Crippen molar-refractivity contribution in [1.82, 2.24) is 9.62 Å². The molecule has 1 amide bonds. The summed E-state index contributed by atoms with van der Waals surface area (Å²) < 4.78 is 40.6. The second kappa shape index (κ2) is 7.85. The second-order valence-corrected chi connectivity index (χ2v) is 9.56. The summed E-state index contributed by atoms with van der Waals surface area (Å²) in [6, 6.07) is 9.48. The number of nitrogens with one attached hydrogen (secondary N) is 1. The largest absolute Gasteiger partial charge is 0.338 e. The minimum atomic E-state index is -3.54. The molecule has 8 heteroatoms. The van der Waals surface area contributed by atoms with Crippen LogP contribution >= 0.6 is 11.3 Å². The molecule has 1 aliphatic rings. The fourth-order valence-electron chi connectivity index (χ4n) is 2.95. The molecule has 140 valence electrons. The second-order valence-electron chi connectivity index (χ2n) is 6.40. The molecule has 0 aliphatic carbocycles. The average Bonchev–Trinajstić information content (AvgIpc) is 3.23. The molecule has 5 nitrogen and oxygen atoms in total. The van der Waals surface area contributed by atoms with Gasteiger partial charge in [0.05, 0.1) is 0 Å². The van der Waals surface area contributed by atoms with Crippen LogP contribution in [0.1, 0.15) is 23.8 Å². The number of aryl methyl sites for hydroxylation is 1. The van der Waals surface area contributed by atoms with E-state index in [1.165, 1.54) is 23.5 Å². The van der Waals surface area contributed by atoms with Gasteiger partial charge in [-0.1, -0.05) is 19.1 Å². The van der Waals surface area contributed by atoms with E-state index < -0.39 is 10.0 Å². The fraction of sp³-hybridized carbons (Fsp3) is 0.389. The van der Waals surface area contributed by atoms with Crippen molar-refractivity contribution >= 4 is 27.3 Å². The van der Waals surface area contributed by atoms with Crippen LogP contribution in [0.15, 0.2) is 40.6 Å². The first-order valence-corrected chi connectivity index (χ1v) is 10.8. The van der Waals surface area contributed by atoms with Gasteiger partial charge in [0.2, 0.25) is 15.9 Å². The smallest absolute Gasteiger partial charge is 0.250 e. The van der Waals surface area contributed by atoms with Gasteiger partial charge < -0.3 is 4.90 Å². The molecule has 1 N–H and O–H groups in total. The highest BCUT2D eigenvalue weighted by atomic mass is 32.2. The van der Waals surface area contributed by atoms with Gasteiger partial charge in [0, 0.05) is 30.9 Å². The van der Waals surface area contributed by atoms with E-state index >= 15 is 0 Å². The van der Waals surface area contributed by atoms with E-state index in [-0.39, 0.29) is 24.2 Å². The Morgan fingerprint density at radius 1 is 1.23 bits per heavy atom. The van der Waals surface area contributed by atoms with Gasteiger partial charge in [0.15, 0.2) is 0 Å². The van der Waals surface area contributed by atoms with Crippen LogP contribution in [0, 0.1) is 11.7 Å². The zero-order valence-corrected chi connectivity index (χ0v) is 16.1. The third-order valence-corrected chi connectivity index (χ3v) is 7.54. The van der Waals surface area contributed by atoms with Crippen molar-refractivity contribution in [1.29, 1.82) is 0 Å². The first kappa shape index (κ1) is 19.0. The number of hydrogen-bond donors (Lipinski definition) is 1. The van der Waals surface area contributed by atoms with Gasteiger partial charge in [-0.3, -0.25) is 4.79 Å². The molecule has 0 bridgehead atoms.